The molecule has 4 heteroatoms. The van der Waals surface area contributed by atoms with E-state index in [4.69, 9.17) is 11.6 Å². The van der Waals surface area contributed by atoms with Crippen molar-refractivity contribution >= 4 is 17.3 Å². The Morgan fingerprint density at radius 2 is 1.90 bits per heavy atom. The van der Waals surface area contributed by atoms with Gasteiger partial charge < -0.3 is 10.2 Å². The Kier molecular flexibility index (Phi) is 6.03. The summed E-state index contributed by atoms with van der Waals surface area (Å²) in [6, 6.07) is 15.1. The Hall–Kier alpha value is -1.58. The van der Waals surface area contributed by atoms with E-state index < -0.39 is 0 Å². The van der Waals surface area contributed by atoms with E-state index in [1.54, 1.807) is 12.1 Å². The molecule has 2 rings (SSSR count). The predicted octanol–water partition coefficient (Wildman–Crippen LogP) is 4.10. The van der Waals surface area contributed by atoms with Crippen LogP contribution in [0.2, 0.25) is 5.02 Å². The molecule has 0 amide bonds. The van der Waals surface area contributed by atoms with E-state index in [0.29, 0.717) is 17.1 Å². The zero-order valence-electron chi connectivity index (χ0n) is 12.2. The summed E-state index contributed by atoms with van der Waals surface area (Å²) in [5, 5.41) is 3.69. The molecule has 0 bridgehead atoms. The van der Waals surface area contributed by atoms with E-state index >= 15 is 0 Å². The molecule has 0 heterocycles. The zero-order valence-corrected chi connectivity index (χ0v) is 12.9. The first-order chi connectivity index (χ1) is 10.2. The molecule has 112 valence electrons. The van der Waals surface area contributed by atoms with Crippen molar-refractivity contribution in [3.63, 3.8) is 0 Å². The molecule has 0 atom stereocenters. The Bertz CT molecular complexity index is 560. The second-order valence-electron chi connectivity index (χ2n) is 5.02. The summed E-state index contributed by atoms with van der Waals surface area (Å²) >= 11 is 5.73. The van der Waals surface area contributed by atoms with Crippen LogP contribution in [0.25, 0.3) is 0 Å². The van der Waals surface area contributed by atoms with Crippen molar-refractivity contribution in [2.75, 3.05) is 25.0 Å². The van der Waals surface area contributed by atoms with Gasteiger partial charge in [0.25, 0.3) is 0 Å². The number of nitrogens with zero attached hydrogens (tertiary/aromatic N) is 1. The van der Waals surface area contributed by atoms with Gasteiger partial charge in [0.05, 0.1) is 0 Å². The third-order valence-electron chi connectivity index (χ3n) is 3.37. The van der Waals surface area contributed by atoms with E-state index in [0.717, 1.165) is 19.5 Å². The Morgan fingerprint density at radius 1 is 1.14 bits per heavy atom. The zero-order chi connectivity index (χ0) is 15.1. The molecule has 0 saturated carbocycles. The lowest BCUT2D eigenvalue weighted by atomic mass is 10.2. The van der Waals surface area contributed by atoms with Crippen LogP contribution in [-0.2, 0) is 6.54 Å². The lowest BCUT2D eigenvalue weighted by Crippen LogP contribution is -2.23. The minimum atomic E-state index is -0.253. The largest absolute Gasteiger partial charge is 0.375 e. The maximum Gasteiger partial charge on any atom is 0.129 e. The fourth-order valence-electron chi connectivity index (χ4n) is 2.14. The van der Waals surface area contributed by atoms with Gasteiger partial charge in [-0.1, -0.05) is 35.9 Å². The van der Waals surface area contributed by atoms with Crippen LogP contribution in [0, 0.1) is 5.82 Å². The van der Waals surface area contributed by atoms with E-state index in [-0.39, 0.29) is 5.82 Å². The fraction of sp³-hybridized carbons (Fsp3) is 0.294. The summed E-state index contributed by atoms with van der Waals surface area (Å²) < 4.78 is 13.6. The maximum atomic E-state index is 13.6. The van der Waals surface area contributed by atoms with Crippen LogP contribution >= 0.6 is 11.6 Å². The highest BCUT2D eigenvalue weighted by Crippen LogP contribution is 2.14. The summed E-state index contributed by atoms with van der Waals surface area (Å²) in [7, 11) is 2.08. The van der Waals surface area contributed by atoms with E-state index in [9.17, 15) is 4.39 Å². The van der Waals surface area contributed by atoms with Crippen molar-refractivity contribution in [2.24, 2.45) is 0 Å². The smallest absolute Gasteiger partial charge is 0.129 e. The molecule has 0 fully saturated rings. The maximum absolute atomic E-state index is 13.6. The summed E-state index contributed by atoms with van der Waals surface area (Å²) in [6.45, 7) is 2.33. The average molecular weight is 307 g/mol. The standard InChI is InChI=1S/C17H20ClFN2/c1-21(16-6-3-2-4-7-16)11-5-10-20-13-14-8-9-15(18)12-17(14)19/h2-4,6-9,12,20H,5,10-11,13H2,1H3. The highest BCUT2D eigenvalue weighted by Gasteiger charge is 2.03. The molecule has 0 radical (unpaired) electrons. The highest BCUT2D eigenvalue weighted by molar-refractivity contribution is 6.30. The number of hydrogen-bond acceptors (Lipinski definition) is 2. The average Bonchev–Trinajstić information content (AvgIpc) is 2.49. The number of benzene rings is 2. The number of anilines is 1. The van der Waals surface area contributed by atoms with Crippen LogP contribution < -0.4 is 10.2 Å². The first kappa shape index (κ1) is 15.8. The van der Waals surface area contributed by atoms with Gasteiger partial charge >= 0.3 is 0 Å². The molecule has 0 aliphatic rings. The van der Waals surface area contributed by atoms with Crippen LogP contribution in [0.1, 0.15) is 12.0 Å². The number of rotatable bonds is 7. The van der Waals surface area contributed by atoms with Crippen LogP contribution in [0.3, 0.4) is 0 Å². The van der Waals surface area contributed by atoms with Crippen molar-refractivity contribution in [1.82, 2.24) is 5.32 Å². The third-order valence-corrected chi connectivity index (χ3v) is 3.61. The second kappa shape index (κ2) is 8.01. The summed E-state index contributed by atoms with van der Waals surface area (Å²) in [5.41, 5.74) is 1.86. The molecule has 0 aromatic heterocycles. The Labute approximate surface area is 130 Å². The Balaban J connectivity index is 1.68. The molecule has 0 aliphatic carbocycles. The molecule has 1 N–H and O–H groups in total. The van der Waals surface area contributed by atoms with Crippen LogP contribution in [0.15, 0.2) is 48.5 Å². The number of nitrogens with one attached hydrogen (secondary N) is 1. The molecular weight excluding hydrogens is 287 g/mol. The molecule has 21 heavy (non-hydrogen) atoms. The molecule has 0 saturated heterocycles. The third kappa shape index (κ3) is 5.03. The first-order valence-corrected chi connectivity index (χ1v) is 7.45. The fourth-order valence-corrected chi connectivity index (χ4v) is 2.30. The van der Waals surface area contributed by atoms with Crippen molar-refractivity contribution in [2.45, 2.75) is 13.0 Å². The SMILES string of the molecule is CN(CCCNCc1ccc(Cl)cc1F)c1ccccc1. The lowest BCUT2D eigenvalue weighted by Gasteiger charge is -2.19. The van der Waals surface area contributed by atoms with Crippen LogP contribution in [0.4, 0.5) is 10.1 Å². The van der Waals surface area contributed by atoms with Gasteiger partial charge in [0.2, 0.25) is 0 Å². The molecule has 0 aliphatic heterocycles. The van der Waals surface area contributed by atoms with Gasteiger partial charge in [-0.2, -0.15) is 0 Å². The van der Waals surface area contributed by atoms with Crippen molar-refractivity contribution in [1.29, 1.82) is 0 Å². The van der Waals surface area contributed by atoms with Crippen LogP contribution in [-0.4, -0.2) is 20.1 Å². The molecule has 0 spiro atoms. The number of hydrogen-bond donors (Lipinski definition) is 1. The molecule has 2 aromatic rings. The van der Waals surface area contributed by atoms with E-state index in [1.165, 1.54) is 11.8 Å². The van der Waals surface area contributed by atoms with Crippen LogP contribution in [0.5, 0.6) is 0 Å². The summed E-state index contributed by atoms with van der Waals surface area (Å²) in [6.07, 6.45) is 1.00. The topological polar surface area (TPSA) is 15.3 Å². The Morgan fingerprint density at radius 3 is 2.62 bits per heavy atom. The van der Waals surface area contributed by atoms with Gasteiger partial charge in [-0.05, 0) is 37.2 Å². The number of halogens is 2. The molecule has 0 unspecified atom stereocenters. The minimum absolute atomic E-state index is 0.253. The van der Waals surface area contributed by atoms with Gasteiger partial charge in [0.15, 0.2) is 0 Å². The molecule has 2 aromatic carbocycles. The van der Waals surface area contributed by atoms with Crippen molar-refractivity contribution < 1.29 is 4.39 Å². The summed E-state index contributed by atoms with van der Waals surface area (Å²) in [5.74, 6) is -0.253. The first-order valence-electron chi connectivity index (χ1n) is 7.07. The predicted molar refractivity (Wildman–Crippen MR) is 87.4 cm³/mol. The van der Waals surface area contributed by atoms with Gasteiger partial charge in [0.1, 0.15) is 5.82 Å². The van der Waals surface area contributed by atoms with Gasteiger partial charge in [-0.25, -0.2) is 4.39 Å². The van der Waals surface area contributed by atoms with Crippen molar-refractivity contribution in [3.05, 3.63) is 64.9 Å². The normalized spacial score (nSPS) is 10.6. The minimum Gasteiger partial charge on any atom is -0.375 e. The lowest BCUT2D eigenvalue weighted by molar-refractivity contribution is 0.581. The van der Waals surface area contributed by atoms with Gasteiger partial charge in [-0.15, -0.1) is 0 Å². The molecule has 2 nitrogen and oxygen atoms in total. The number of para-hydroxylation sites is 1. The monoisotopic (exact) mass is 306 g/mol. The quantitative estimate of drug-likeness (QED) is 0.775. The second-order valence-corrected chi connectivity index (χ2v) is 5.46. The van der Waals surface area contributed by atoms with Gasteiger partial charge in [0, 0.05) is 36.4 Å². The highest BCUT2D eigenvalue weighted by atomic mass is 35.5. The van der Waals surface area contributed by atoms with Gasteiger partial charge in [-0.3, -0.25) is 0 Å². The summed E-state index contributed by atoms with van der Waals surface area (Å²) in [4.78, 5) is 2.21. The van der Waals surface area contributed by atoms with Crippen molar-refractivity contribution in [3.8, 4) is 0 Å². The van der Waals surface area contributed by atoms with E-state index in [1.807, 2.05) is 18.2 Å². The van der Waals surface area contributed by atoms with E-state index in [2.05, 4.69) is 29.4 Å². The molecular formula is C17H20ClFN2.